The number of nitro groups is 1. The number of hydrogen-bond acceptors (Lipinski definition) is 5. The lowest BCUT2D eigenvalue weighted by atomic mass is 10.2. The molecule has 0 amide bonds. The predicted molar refractivity (Wildman–Crippen MR) is 60.4 cm³/mol. The van der Waals surface area contributed by atoms with E-state index in [1.165, 1.54) is 12.1 Å². The summed E-state index contributed by atoms with van der Waals surface area (Å²) in [6.45, 7) is 1.07. The lowest BCUT2D eigenvalue weighted by molar-refractivity contribution is -0.385. The highest BCUT2D eigenvalue weighted by molar-refractivity contribution is 6.29. The Morgan fingerprint density at radius 1 is 1.65 bits per heavy atom. The minimum Gasteiger partial charge on any atom is -0.475 e. The topological polar surface area (TPSA) is 74.5 Å². The van der Waals surface area contributed by atoms with E-state index in [-0.39, 0.29) is 22.8 Å². The van der Waals surface area contributed by atoms with Gasteiger partial charge in [0, 0.05) is 6.61 Å². The standard InChI is InChI=1S/C10H11ClN2O4/c11-9-4-7(13(14)15)5-10(12-9)17-6-8-2-1-3-16-8/h4-5,8H,1-3,6H2. The molecule has 1 aromatic rings. The number of halogens is 1. The molecule has 0 saturated carbocycles. The van der Waals surface area contributed by atoms with E-state index in [1.54, 1.807) is 0 Å². The maximum Gasteiger partial charge on any atom is 0.277 e. The quantitative estimate of drug-likeness (QED) is 0.470. The summed E-state index contributed by atoms with van der Waals surface area (Å²) in [7, 11) is 0. The van der Waals surface area contributed by atoms with Gasteiger partial charge in [0.2, 0.25) is 5.88 Å². The van der Waals surface area contributed by atoms with Gasteiger partial charge in [-0.2, -0.15) is 0 Å². The molecule has 0 aliphatic carbocycles. The Balaban J connectivity index is 2.01. The van der Waals surface area contributed by atoms with Crippen LogP contribution in [0.5, 0.6) is 5.88 Å². The molecule has 6 nitrogen and oxygen atoms in total. The van der Waals surface area contributed by atoms with E-state index < -0.39 is 4.92 Å². The molecule has 2 heterocycles. The Labute approximate surface area is 103 Å². The number of pyridine rings is 1. The molecule has 1 atom stereocenters. The molecule has 1 unspecified atom stereocenters. The van der Waals surface area contributed by atoms with Gasteiger partial charge in [0.15, 0.2) is 0 Å². The summed E-state index contributed by atoms with van der Waals surface area (Å²) in [5.74, 6) is 0.153. The lowest BCUT2D eigenvalue weighted by Crippen LogP contribution is -2.16. The zero-order valence-corrected chi connectivity index (χ0v) is 9.72. The minimum absolute atomic E-state index is 0.0369. The largest absolute Gasteiger partial charge is 0.475 e. The van der Waals surface area contributed by atoms with Crippen LogP contribution in [0.25, 0.3) is 0 Å². The third-order valence-corrected chi connectivity index (χ3v) is 2.60. The van der Waals surface area contributed by atoms with E-state index in [9.17, 15) is 10.1 Å². The average Bonchev–Trinajstić information content (AvgIpc) is 2.78. The fraction of sp³-hybridized carbons (Fsp3) is 0.500. The molecule has 1 saturated heterocycles. The van der Waals surface area contributed by atoms with E-state index in [4.69, 9.17) is 21.1 Å². The highest BCUT2D eigenvalue weighted by Crippen LogP contribution is 2.22. The lowest BCUT2D eigenvalue weighted by Gasteiger charge is -2.10. The summed E-state index contributed by atoms with van der Waals surface area (Å²) in [5.41, 5.74) is -0.132. The molecule has 1 fully saturated rings. The maximum absolute atomic E-state index is 10.6. The Morgan fingerprint density at radius 3 is 3.12 bits per heavy atom. The van der Waals surface area contributed by atoms with Crippen LogP contribution in [0, 0.1) is 10.1 Å². The van der Waals surface area contributed by atoms with Gasteiger partial charge in [-0.05, 0) is 12.8 Å². The molecular weight excluding hydrogens is 248 g/mol. The molecule has 92 valence electrons. The van der Waals surface area contributed by atoms with Gasteiger partial charge in [-0.25, -0.2) is 4.98 Å². The van der Waals surface area contributed by atoms with E-state index >= 15 is 0 Å². The van der Waals surface area contributed by atoms with Crippen LogP contribution in [0.1, 0.15) is 12.8 Å². The van der Waals surface area contributed by atoms with Crippen LogP contribution in [0.4, 0.5) is 5.69 Å². The molecule has 0 aromatic carbocycles. The van der Waals surface area contributed by atoms with E-state index in [0.717, 1.165) is 19.4 Å². The Bertz CT molecular complexity index is 421. The van der Waals surface area contributed by atoms with Crippen molar-refractivity contribution in [3.8, 4) is 5.88 Å². The second-order valence-electron chi connectivity index (χ2n) is 3.69. The van der Waals surface area contributed by atoms with Gasteiger partial charge in [0.25, 0.3) is 5.69 Å². The highest BCUT2D eigenvalue weighted by atomic mass is 35.5. The summed E-state index contributed by atoms with van der Waals surface area (Å²) in [5, 5.41) is 10.6. The first-order chi connectivity index (χ1) is 8.15. The van der Waals surface area contributed by atoms with Crippen LogP contribution in [-0.2, 0) is 4.74 Å². The van der Waals surface area contributed by atoms with Gasteiger partial charge in [-0.1, -0.05) is 11.6 Å². The van der Waals surface area contributed by atoms with Crippen molar-refractivity contribution in [2.24, 2.45) is 0 Å². The first-order valence-corrected chi connectivity index (χ1v) is 5.59. The van der Waals surface area contributed by atoms with E-state index in [2.05, 4.69) is 4.98 Å². The monoisotopic (exact) mass is 258 g/mol. The van der Waals surface area contributed by atoms with Gasteiger partial charge in [-0.15, -0.1) is 0 Å². The SMILES string of the molecule is O=[N+]([O-])c1cc(Cl)nc(OCC2CCCO2)c1. The zero-order chi connectivity index (χ0) is 12.3. The van der Waals surface area contributed by atoms with Crippen molar-refractivity contribution in [2.75, 3.05) is 13.2 Å². The first kappa shape index (κ1) is 12.1. The fourth-order valence-corrected chi connectivity index (χ4v) is 1.79. The van der Waals surface area contributed by atoms with Crippen molar-refractivity contribution >= 4 is 17.3 Å². The van der Waals surface area contributed by atoms with E-state index in [0.29, 0.717) is 6.61 Å². The molecule has 0 spiro atoms. The van der Waals surface area contributed by atoms with Gasteiger partial charge in [0.1, 0.15) is 11.8 Å². The molecule has 1 aliphatic heterocycles. The predicted octanol–water partition coefficient (Wildman–Crippen LogP) is 2.20. The number of nitrogens with zero attached hydrogens (tertiary/aromatic N) is 2. The molecule has 0 bridgehead atoms. The summed E-state index contributed by atoms with van der Waals surface area (Å²) >= 11 is 5.66. The Hall–Kier alpha value is -1.40. The zero-order valence-electron chi connectivity index (χ0n) is 8.97. The minimum atomic E-state index is -0.535. The van der Waals surface area contributed by atoms with Crippen LogP contribution in [0.15, 0.2) is 12.1 Å². The highest BCUT2D eigenvalue weighted by Gasteiger charge is 2.17. The van der Waals surface area contributed by atoms with Crippen LogP contribution in [-0.4, -0.2) is 29.2 Å². The first-order valence-electron chi connectivity index (χ1n) is 5.21. The summed E-state index contributed by atoms with van der Waals surface area (Å²) in [6.07, 6.45) is 1.98. The average molecular weight is 259 g/mol. The molecule has 7 heteroatoms. The van der Waals surface area contributed by atoms with Gasteiger partial charge < -0.3 is 9.47 Å². The molecule has 17 heavy (non-hydrogen) atoms. The number of ether oxygens (including phenoxy) is 2. The third kappa shape index (κ3) is 3.28. The molecule has 0 N–H and O–H groups in total. The number of rotatable bonds is 4. The molecule has 0 radical (unpaired) electrons. The van der Waals surface area contributed by atoms with Gasteiger partial charge >= 0.3 is 0 Å². The fourth-order valence-electron chi connectivity index (χ4n) is 1.59. The third-order valence-electron chi connectivity index (χ3n) is 2.41. The van der Waals surface area contributed by atoms with Gasteiger partial charge in [-0.3, -0.25) is 10.1 Å². The Kier molecular flexibility index (Phi) is 3.75. The second-order valence-corrected chi connectivity index (χ2v) is 4.08. The van der Waals surface area contributed by atoms with Crippen molar-refractivity contribution < 1.29 is 14.4 Å². The maximum atomic E-state index is 10.6. The summed E-state index contributed by atoms with van der Waals surface area (Å²) in [6, 6.07) is 2.43. The molecule has 1 aliphatic rings. The van der Waals surface area contributed by atoms with Crippen molar-refractivity contribution in [3.05, 3.63) is 27.4 Å². The normalized spacial score (nSPS) is 19.2. The van der Waals surface area contributed by atoms with Crippen molar-refractivity contribution in [3.63, 3.8) is 0 Å². The van der Waals surface area contributed by atoms with Crippen LogP contribution in [0.2, 0.25) is 5.15 Å². The van der Waals surface area contributed by atoms with E-state index in [1.807, 2.05) is 0 Å². The summed E-state index contributed by atoms with van der Waals surface area (Å²) < 4.78 is 10.7. The molecular formula is C10H11ClN2O4. The van der Waals surface area contributed by atoms with Gasteiger partial charge in [0.05, 0.1) is 23.2 Å². The Morgan fingerprint density at radius 2 is 2.47 bits per heavy atom. The molecule has 2 rings (SSSR count). The van der Waals surface area contributed by atoms with Crippen LogP contribution in [0.3, 0.4) is 0 Å². The van der Waals surface area contributed by atoms with Crippen molar-refractivity contribution in [1.82, 2.24) is 4.98 Å². The van der Waals surface area contributed by atoms with Crippen LogP contribution < -0.4 is 4.74 Å². The number of aromatic nitrogens is 1. The van der Waals surface area contributed by atoms with Crippen molar-refractivity contribution in [2.45, 2.75) is 18.9 Å². The van der Waals surface area contributed by atoms with Crippen molar-refractivity contribution in [1.29, 1.82) is 0 Å². The van der Waals surface area contributed by atoms with Crippen LogP contribution >= 0.6 is 11.6 Å². The summed E-state index contributed by atoms with van der Waals surface area (Å²) in [4.78, 5) is 13.9. The molecule has 1 aromatic heterocycles. The second kappa shape index (κ2) is 5.29. The smallest absolute Gasteiger partial charge is 0.277 e. The number of hydrogen-bond donors (Lipinski definition) is 0.